The topological polar surface area (TPSA) is 6.48 Å². The Bertz CT molecular complexity index is 3300. The third-order valence-electron chi connectivity index (χ3n) is 13.3. The molecule has 4 heteroatoms. The van der Waals surface area contributed by atoms with Crippen molar-refractivity contribution in [2.45, 2.75) is 25.7 Å². The van der Waals surface area contributed by atoms with Crippen LogP contribution >= 0.6 is 22.7 Å². The van der Waals surface area contributed by atoms with Gasteiger partial charge in [0, 0.05) is 76.2 Å². The summed E-state index contributed by atoms with van der Waals surface area (Å²) >= 11 is 3.81. The molecule has 60 heavy (non-hydrogen) atoms. The lowest BCUT2D eigenvalue weighted by atomic mass is 9.83. The zero-order valence-corrected chi connectivity index (χ0v) is 34.8. The molecule has 2 aliphatic heterocycles. The second-order valence-corrected chi connectivity index (χ2v) is 18.7. The van der Waals surface area contributed by atoms with Gasteiger partial charge in [0.2, 0.25) is 0 Å². The first-order valence-electron chi connectivity index (χ1n) is 21.3. The number of rotatable bonds is 4. The Morgan fingerprint density at radius 1 is 0.350 bits per heavy atom. The van der Waals surface area contributed by atoms with Crippen molar-refractivity contribution in [3.05, 3.63) is 181 Å². The van der Waals surface area contributed by atoms with Gasteiger partial charge in [-0.25, -0.2) is 0 Å². The van der Waals surface area contributed by atoms with E-state index >= 15 is 0 Å². The van der Waals surface area contributed by atoms with Gasteiger partial charge in [-0.3, -0.25) is 0 Å². The van der Waals surface area contributed by atoms with Gasteiger partial charge in [0.05, 0.1) is 0 Å². The van der Waals surface area contributed by atoms with Crippen LogP contribution in [0.15, 0.2) is 170 Å². The molecule has 11 aromatic rings. The molecule has 0 saturated carbocycles. The summed E-state index contributed by atoms with van der Waals surface area (Å²) in [5.41, 5.74) is 13.3. The highest BCUT2D eigenvalue weighted by molar-refractivity contribution is 7.26. The van der Waals surface area contributed by atoms with Crippen molar-refractivity contribution in [3.8, 4) is 22.3 Å². The number of para-hydroxylation sites is 2. The molecule has 0 radical (unpaired) electrons. The van der Waals surface area contributed by atoms with E-state index in [4.69, 9.17) is 0 Å². The summed E-state index contributed by atoms with van der Waals surface area (Å²) in [4.78, 5) is 5.13. The van der Waals surface area contributed by atoms with Crippen LogP contribution in [0.2, 0.25) is 0 Å². The van der Waals surface area contributed by atoms with Gasteiger partial charge in [-0.05, 0) is 141 Å². The molecule has 0 spiro atoms. The lowest BCUT2D eigenvalue weighted by Gasteiger charge is -2.32. The molecule has 0 N–H and O–H groups in total. The van der Waals surface area contributed by atoms with Crippen molar-refractivity contribution in [2.75, 3.05) is 22.9 Å². The summed E-state index contributed by atoms with van der Waals surface area (Å²) in [6.07, 6.45) is 4.52. The highest BCUT2D eigenvalue weighted by Gasteiger charge is 2.26. The molecule has 0 atom stereocenters. The summed E-state index contributed by atoms with van der Waals surface area (Å²) in [7, 11) is 0. The van der Waals surface area contributed by atoms with Crippen LogP contribution in [0.5, 0.6) is 0 Å². The summed E-state index contributed by atoms with van der Waals surface area (Å²) in [6, 6.07) is 64.7. The molecule has 0 bridgehead atoms. The quantitative estimate of drug-likeness (QED) is 0.164. The van der Waals surface area contributed by atoms with Crippen LogP contribution in [0.4, 0.5) is 22.7 Å². The molecule has 0 saturated heterocycles. The number of nitrogens with zero attached hydrogens (tertiary/aromatic N) is 2. The third-order valence-corrected chi connectivity index (χ3v) is 15.5. The first kappa shape index (κ1) is 34.4. The predicted octanol–water partition coefficient (Wildman–Crippen LogP) is 16.2. The largest absolute Gasteiger partial charge is 0.341 e. The van der Waals surface area contributed by atoms with Crippen LogP contribution in [-0.4, -0.2) is 13.1 Å². The van der Waals surface area contributed by atoms with E-state index in [0.29, 0.717) is 0 Å². The van der Waals surface area contributed by atoms with Crippen LogP contribution < -0.4 is 9.80 Å². The first-order chi connectivity index (χ1) is 29.8. The van der Waals surface area contributed by atoms with E-state index < -0.39 is 0 Å². The summed E-state index contributed by atoms with van der Waals surface area (Å²) < 4.78 is 5.32. The van der Waals surface area contributed by atoms with Gasteiger partial charge in [-0.1, -0.05) is 109 Å². The maximum atomic E-state index is 2.57. The van der Waals surface area contributed by atoms with Crippen molar-refractivity contribution in [1.29, 1.82) is 0 Å². The Morgan fingerprint density at radius 2 is 0.783 bits per heavy atom. The minimum atomic E-state index is 1.00. The molecule has 2 nitrogen and oxygen atoms in total. The van der Waals surface area contributed by atoms with Gasteiger partial charge in [0.1, 0.15) is 0 Å². The van der Waals surface area contributed by atoms with Crippen LogP contribution in [0.1, 0.15) is 24.0 Å². The lowest BCUT2D eigenvalue weighted by molar-refractivity contribution is 0.767. The molecule has 0 amide bonds. The Balaban J connectivity index is 1.19. The third kappa shape index (κ3) is 5.17. The van der Waals surface area contributed by atoms with Gasteiger partial charge in [-0.15, -0.1) is 22.7 Å². The fourth-order valence-electron chi connectivity index (χ4n) is 10.7. The van der Waals surface area contributed by atoms with Gasteiger partial charge in [0.25, 0.3) is 0 Å². The summed E-state index contributed by atoms with van der Waals surface area (Å²) in [5.74, 6) is 0. The minimum absolute atomic E-state index is 1.00. The van der Waals surface area contributed by atoms with Crippen molar-refractivity contribution in [1.82, 2.24) is 0 Å². The molecular formula is C56H40N2S2. The lowest BCUT2D eigenvalue weighted by Crippen LogP contribution is -2.24. The van der Waals surface area contributed by atoms with E-state index in [0.717, 1.165) is 38.8 Å². The Labute approximate surface area is 357 Å². The number of hydrogen-bond acceptors (Lipinski definition) is 4. The van der Waals surface area contributed by atoms with Gasteiger partial charge in [-0.2, -0.15) is 0 Å². The normalized spacial score (nSPS) is 14.2. The standard InChI is InChI=1S/C56H40N2S2/c1-5-21-47-35(13-1)15-11-31-57(47)37-27-29-39-45(33-37)53(43-19-9-25-51-55(43)41-17-3-7-23-49(41)59-51)40-30-28-38(58-32-12-16-36-14-2-6-22-48(36)58)34-46(40)54(39)44-20-10-26-52-56(44)42-18-4-8-24-50(42)60-52/h1-10,13-14,17-30,33-34H,11-12,15-16,31-32H2. The summed E-state index contributed by atoms with van der Waals surface area (Å²) in [6.45, 7) is 2.01. The van der Waals surface area contributed by atoms with Crippen LogP contribution in [0, 0.1) is 0 Å². The number of aryl methyl sites for hydroxylation is 2. The van der Waals surface area contributed by atoms with Crippen LogP contribution in [0.3, 0.4) is 0 Å². The molecule has 9 aromatic carbocycles. The number of thiophene rings is 2. The number of fused-ring (bicyclic) bond motifs is 10. The van der Waals surface area contributed by atoms with Crippen molar-refractivity contribution >= 4 is 107 Å². The molecule has 4 heterocycles. The Morgan fingerprint density at radius 3 is 1.28 bits per heavy atom. The minimum Gasteiger partial charge on any atom is -0.341 e. The Kier molecular flexibility index (Phi) is 7.76. The van der Waals surface area contributed by atoms with E-state index in [2.05, 4.69) is 180 Å². The molecule has 2 aliphatic rings. The molecular weight excluding hydrogens is 765 g/mol. The fraction of sp³-hybridized carbons (Fsp3) is 0.107. The monoisotopic (exact) mass is 804 g/mol. The van der Waals surface area contributed by atoms with E-state index in [9.17, 15) is 0 Å². The van der Waals surface area contributed by atoms with Crippen molar-refractivity contribution < 1.29 is 0 Å². The average Bonchev–Trinajstić information content (AvgIpc) is 3.89. The van der Waals surface area contributed by atoms with E-state index in [-0.39, 0.29) is 0 Å². The number of benzene rings is 9. The zero-order chi connectivity index (χ0) is 39.3. The highest BCUT2D eigenvalue weighted by Crippen LogP contribution is 2.52. The summed E-state index contributed by atoms with van der Waals surface area (Å²) in [5, 5.41) is 10.5. The average molecular weight is 805 g/mol. The molecule has 0 unspecified atom stereocenters. The number of hydrogen-bond donors (Lipinski definition) is 0. The SMILES string of the molecule is c1ccc2c(c1)CCCN2c1ccc2c(-c3cccc4sc5ccccc5c34)c3cc(N4CCCc5ccccc54)ccc3c(-c3cccc4sc5ccccc5c34)c2c1. The molecule has 0 fully saturated rings. The predicted molar refractivity (Wildman–Crippen MR) is 262 cm³/mol. The van der Waals surface area contributed by atoms with Crippen molar-refractivity contribution in [3.63, 3.8) is 0 Å². The maximum Gasteiger partial charge on any atom is 0.0443 e. The van der Waals surface area contributed by atoms with Crippen LogP contribution in [-0.2, 0) is 12.8 Å². The van der Waals surface area contributed by atoms with Gasteiger partial charge >= 0.3 is 0 Å². The van der Waals surface area contributed by atoms with E-state index in [1.54, 1.807) is 0 Å². The highest BCUT2D eigenvalue weighted by atomic mass is 32.1. The molecule has 13 rings (SSSR count). The number of anilines is 4. The first-order valence-corrected chi connectivity index (χ1v) is 23.0. The van der Waals surface area contributed by atoms with E-state index in [1.165, 1.54) is 118 Å². The van der Waals surface area contributed by atoms with Crippen molar-refractivity contribution in [2.24, 2.45) is 0 Å². The van der Waals surface area contributed by atoms with Gasteiger partial charge in [0.15, 0.2) is 0 Å². The maximum absolute atomic E-state index is 2.57. The van der Waals surface area contributed by atoms with Crippen LogP contribution in [0.25, 0.3) is 84.1 Å². The molecule has 0 aliphatic carbocycles. The van der Waals surface area contributed by atoms with Gasteiger partial charge < -0.3 is 9.80 Å². The molecule has 2 aromatic heterocycles. The second kappa shape index (κ2) is 13.5. The Hall–Kier alpha value is -6.46. The van der Waals surface area contributed by atoms with E-state index in [1.807, 2.05) is 22.7 Å². The molecule has 286 valence electrons. The zero-order valence-electron chi connectivity index (χ0n) is 33.1. The fourth-order valence-corrected chi connectivity index (χ4v) is 13.0. The smallest absolute Gasteiger partial charge is 0.0443 e. The second-order valence-electron chi connectivity index (χ2n) is 16.5.